The van der Waals surface area contributed by atoms with Crippen LogP contribution >= 0.6 is 11.6 Å². The molecule has 82 valence electrons. The lowest BCUT2D eigenvalue weighted by atomic mass is 10.1. The van der Waals surface area contributed by atoms with E-state index >= 15 is 0 Å². The first-order chi connectivity index (χ1) is 7.00. The molecular formula is C12H16ClNO. The molecule has 1 aromatic carbocycles. The number of nitrogens with one attached hydrogen (secondary N) is 1. The Morgan fingerprint density at radius 1 is 1.53 bits per heavy atom. The third-order valence-corrected chi connectivity index (χ3v) is 3.49. The molecule has 15 heavy (non-hydrogen) atoms. The summed E-state index contributed by atoms with van der Waals surface area (Å²) in [6.07, 6.45) is 1.19. The Hall–Kier alpha value is -0.730. The zero-order valence-corrected chi connectivity index (χ0v) is 9.80. The highest BCUT2D eigenvalue weighted by Crippen LogP contribution is 2.44. The normalized spacial score (nSPS) is 22.7. The summed E-state index contributed by atoms with van der Waals surface area (Å²) in [5.41, 5.74) is 1.19. The Balaban J connectivity index is 2.00. The van der Waals surface area contributed by atoms with Crippen molar-refractivity contribution >= 4 is 11.6 Å². The number of rotatable bonds is 3. The summed E-state index contributed by atoms with van der Waals surface area (Å²) in [7, 11) is 0. The van der Waals surface area contributed by atoms with Gasteiger partial charge in [0.2, 0.25) is 0 Å². The molecular weight excluding hydrogens is 210 g/mol. The van der Waals surface area contributed by atoms with Gasteiger partial charge in [-0.15, -0.1) is 0 Å². The maximum Gasteiger partial charge on any atom is 0.121 e. The minimum absolute atomic E-state index is 0.272. The average Bonchev–Trinajstić information content (AvgIpc) is 2.73. The van der Waals surface area contributed by atoms with Gasteiger partial charge in [0, 0.05) is 23.2 Å². The second-order valence-electron chi connectivity index (χ2n) is 4.86. The van der Waals surface area contributed by atoms with E-state index < -0.39 is 0 Å². The van der Waals surface area contributed by atoms with Crippen molar-refractivity contribution in [2.75, 3.05) is 0 Å². The molecule has 1 atom stereocenters. The molecule has 0 aliphatic heterocycles. The highest BCUT2D eigenvalue weighted by molar-refractivity contribution is 6.31. The van der Waals surface area contributed by atoms with Crippen LogP contribution in [-0.4, -0.2) is 11.1 Å². The Morgan fingerprint density at radius 2 is 2.20 bits per heavy atom. The van der Waals surface area contributed by atoms with E-state index in [2.05, 4.69) is 19.2 Å². The molecule has 0 radical (unpaired) electrons. The molecule has 0 amide bonds. The van der Waals surface area contributed by atoms with Crippen molar-refractivity contribution in [3.8, 4) is 5.75 Å². The molecule has 0 heterocycles. The van der Waals surface area contributed by atoms with E-state index in [4.69, 9.17) is 11.6 Å². The number of halogens is 1. The predicted octanol–water partition coefficient (Wildman–Crippen LogP) is 2.93. The average molecular weight is 226 g/mol. The van der Waals surface area contributed by atoms with Crippen LogP contribution in [0.2, 0.25) is 5.02 Å². The number of hydrogen-bond acceptors (Lipinski definition) is 2. The van der Waals surface area contributed by atoms with Crippen LogP contribution in [0.15, 0.2) is 18.2 Å². The molecule has 0 saturated heterocycles. The van der Waals surface area contributed by atoms with Crippen molar-refractivity contribution in [1.29, 1.82) is 0 Å². The predicted molar refractivity (Wildman–Crippen MR) is 62.1 cm³/mol. The molecule has 1 aliphatic carbocycles. The van der Waals surface area contributed by atoms with Crippen LogP contribution in [0.5, 0.6) is 5.75 Å². The van der Waals surface area contributed by atoms with Gasteiger partial charge in [0.05, 0.1) is 0 Å². The van der Waals surface area contributed by atoms with Crippen molar-refractivity contribution < 1.29 is 5.11 Å². The molecule has 2 N–H and O–H groups in total. The highest BCUT2D eigenvalue weighted by atomic mass is 35.5. The third kappa shape index (κ3) is 2.27. The molecule has 3 heteroatoms. The summed E-state index contributed by atoms with van der Waals surface area (Å²) < 4.78 is 0. The quantitative estimate of drug-likeness (QED) is 0.829. The second-order valence-corrected chi connectivity index (χ2v) is 5.27. The second kappa shape index (κ2) is 3.69. The lowest BCUT2D eigenvalue weighted by Gasteiger charge is -2.09. The molecule has 1 aliphatic rings. The minimum Gasteiger partial charge on any atom is -0.508 e. The van der Waals surface area contributed by atoms with E-state index in [1.165, 1.54) is 6.42 Å². The van der Waals surface area contributed by atoms with Gasteiger partial charge in [-0.2, -0.15) is 0 Å². The molecule has 1 saturated carbocycles. The van der Waals surface area contributed by atoms with E-state index in [9.17, 15) is 5.11 Å². The smallest absolute Gasteiger partial charge is 0.121 e. The van der Waals surface area contributed by atoms with E-state index in [0.717, 1.165) is 5.56 Å². The lowest BCUT2D eigenvalue weighted by Crippen LogP contribution is -2.20. The fraction of sp³-hybridized carbons (Fsp3) is 0.500. The number of hydrogen-bond donors (Lipinski definition) is 2. The van der Waals surface area contributed by atoms with Gasteiger partial charge in [0.15, 0.2) is 0 Å². The van der Waals surface area contributed by atoms with E-state index in [1.807, 2.05) is 0 Å². The van der Waals surface area contributed by atoms with Crippen LogP contribution < -0.4 is 5.32 Å². The fourth-order valence-electron chi connectivity index (χ4n) is 1.76. The molecule has 0 spiro atoms. The van der Waals surface area contributed by atoms with Crippen molar-refractivity contribution in [3.63, 3.8) is 0 Å². The third-order valence-electron chi connectivity index (χ3n) is 3.13. The molecule has 0 bridgehead atoms. The maximum atomic E-state index is 9.63. The topological polar surface area (TPSA) is 32.3 Å². The van der Waals surface area contributed by atoms with E-state index in [0.29, 0.717) is 23.0 Å². The minimum atomic E-state index is 0.272. The van der Waals surface area contributed by atoms with Gasteiger partial charge in [-0.25, -0.2) is 0 Å². The van der Waals surface area contributed by atoms with Crippen LogP contribution in [0.25, 0.3) is 0 Å². The summed E-state index contributed by atoms with van der Waals surface area (Å²) in [6.45, 7) is 5.11. The first kappa shape index (κ1) is 10.8. The van der Waals surface area contributed by atoms with Gasteiger partial charge in [-0.3, -0.25) is 0 Å². The Bertz CT molecular complexity index is 356. The van der Waals surface area contributed by atoms with Gasteiger partial charge in [-0.05, 0) is 24.0 Å². The van der Waals surface area contributed by atoms with Gasteiger partial charge in [0.25, 0.3) is 0 Å². The summed E-state index contributed by atoms with van der Waals surface area (Å²) in [5, 5.41) is 13.7. The molecule has 2 rings (SSSR count). The van der Waals surface area contributed by atoms with Gasteiger partial charge in [0.1, 0.15) is 5.75 Å². The standard InChI is InChI=1S/C12H16ClNO/c1-12(2)6-11(12)14-7-8-9(13)4-3-5-10(8)15/h3-5,11,14-15H,6-7H2,1-2H3. The number of phenolic OH excluding ortho intramolecular Hbond substituents is 1. The van der Waals surface area contributed by atoms with Crippen LogP contribution in [0.4, 0.5) is 0 Å². The summed E-state index contributed by atoms with van der Waals surface area (Å²) in [6, 6.07) is 5.77. The van der Waals surface area contributed by atoms with Gasteiger partial charge < -0.3 is 10.4 Å². The molecule has 2 nitrogen and oxygen atoms in total. The lowest BCUT2D eigenvalue weighted by molar-refractivity contribution is 0.461. The molecule has 0 aromatic heterocycles. The number of aromatic hydroxyl groups is 1. The molecule has 1 aromatic rings. The fourth-order valence-corrected chi connectivity index (χ4v) is 2.00. The molecule has 1 unspecified atom stereocenters. The zero-order valence-electron chi connectivity index (χ0n) is 9.05. The van der Waals surface area contributed by atoms with Gasteiger partial charge >= 0.3 is 0 Å². The summed E-state index contributed by atoms with van der Waals surface area (Å²) >= 11 is 6.00. The van der Waals surface area contributed by atoms with Crippen LogP contribution in [-0.2, 0) is 6.54 Å². The maximum absolute atomic E-state index is 9.63. The highest BCUT2D eigenvalue weighted by Gasteiger charge is 2.45. The largest absolute Gasteiger partial charge is 0.508 e. The van der Waals surface area contributed by atoms with Crippen LogP contribution in [0.3, 0.4) is 0 Å². The molecule has 1 fully saturated rings. The SMILES string of the molecule is CC1(C)CC1NCc1c(O)cccc1Cl. The first-order valence-electron chi connectivity index (χ1n) is 5.20. The zero-order chi connectivity index (χ0) is 11.1. The number of benzene rings is 1. The first-order valence-corrected chi connectivity index (χ1v) is 5.58. The monoisotopic (exact) mass is 225 g/mol. The van der Waals surface area contributed by atoms with Crippen LogP contribution in [0.1, 0.15) is 25.8 Å². The Labute approximate surface area is 95.3 Å². The van der Waals surface area contributed by atoms with Crippen molar-refractivity contribution in [2.24, 2.45) is 5.41 Å². The van der Waals surface area contributed by atoms with E-state index in [-0.39, 0.29) is 5.75 Å². The van der Waals surface area contributed by atoms with Gasteiger partial charge in [-0.1, -0.05) is 31.5 Å². The van der Waals surface area contributed by atoms with Crippen molar-refractivity contribution in [3.05, 3.63) is 28.8 Å². The summed E-state index contributed by atoms with van der Waals surface area (Å²) in [5.74, 6) is 0.272. The van der Waals surface area contributed by atoms with Crippen molar-refractivity contribution in [2.45, 2.75) is 32.9 Å². The van der Waals surface area contributed by atoms with Crippen LogP contribution in [0, 0.1) is 5.41 Å². The number of phenols is 1. The Morgan fingerprint density at radius 3 is 2.73 bits per heavy atom. The Kier molecular flexibility index (Phi) is 2.65. The van der Waals surface area contributed by atoms with Crippen molar-refractivity contribution in [1.82, 2.24) is 5.32 Å². The summed E-state index contributed by atoms with van der Waals surface area (Å²) in [4.78, 5) is 0. The van der Waals surface area contributed by atoms with E-state index in [1.54, 1.807) is 18.2 Å².